The Morgan fingerprint density at radius 1 is 1.04 bits per heavy atom. The van der Waals surface area contributed by atoms with Gasteiger partial charge in [0.1, 0.15) is 10.9 Å². The van der Waals surface area contributed by atoms with Crippen molar-refractivity contribution in [2.75, 3.05) is 18.6 Å². The molecule has 3 aromatic rings. The van der Waals surface area contributed by atoms with Crippen molar-refractivity contribution in [3.63, 3.8) is 0 Å². The molecule has 0 aliphatic heterocycles. The first-order chi connectivity index (χ1) is 12.2. The van der Waals surface area contributed by atoms with Crippen molar-refractivity contribution in [3.8, 4) is 16.9 Å². The van der Waals surface area contributed by atoms with Crippen LogP contribution in [0.5, 0.6) is 5.75 Å². The quantitative estimate of drug-likeness (QED) is 0.552. The summed E-state index contributed by atoms with van der Waals surface area (Å²) in [5.41, 5.74) is 4.46. The normalized spacial score (nSPS) is 10.5. The zero-order valence-corrected chi connectivity index (χ0v) is 15.2. The first kappa shape index (κ1) is 17.3. The van der Waals surface area contributed by atoms with E-state index in [1.807, 2.05) is 24.3 Å². The van der Waals surface area contributed by atoms with E-state index in [2.05, 4.69) is 53.2 Å². The van der Waals surface area contributed by atoms with Crippen LogP contribution in [-0.4, -0.2) is 18.6 Å². The van der Waals surface area contributed by atoms with E-state index in [9.17, 15) is 0 Å². The summed E-state index contributed by atoms with van der Waals surface area (Å²) in [6, 6.07) is 20.5. The molecular formula is C21H21ClN2O. The number of aromatic nitrogens is 1. The topological polar surface area (TPSA) is 25.4 Å². The smallest absolute Gasteiger partial charge is 0.129 e. The molecule has 3 rings (SSSR count). The summed E-state index contributed by atoms with van der Waals surface area (Å²) in [5, 5.41) is 0.476. The second-order valence-electron chi connectivity index (χ2n) is 5.75. The van der Waals surface area contributed by atoms with Gasteiger partial charge in [-0.3, -0.25) is 0 Å². The Morgan fingerprint density at radius 3 is 2.52 bits per heavy atom. The van der Waals surface area contributed by atoms with Crippen LogP contribution in [0.4, 0.5) is 5.69 Å². The van der Waals surface area contributed by atoms with Crippen molar-refractivity contribution in [2.24, 2.45) is 0 Å². The second kappa shape index (κ2) is 8.04. The average Bonchev–Trinajstić information content (AvgIpc) is 2.66. The van der Waals surface area contributed by atoms with Crippen LogP contribution in [0.3, 0.4) is 0 Å². The van der Waals surface area contributed by atoms with Crippen molar-refractivity contribution in [2.45, 2.75) is 13.5 Å². The molecule has 0 fully saturated rings. The molecule has 0 aliphatic carbocycles. The van der Waals surface area contributed by atoms with E-state index >= 15 is 0 Å². The zero-order chi connectivity index (χ0) is 17.6. The maximum atomic E-state index is 6.06. The van der Waals surface area contributed by atoms with Crippen molar-refractivity contribution < 1.29 is 4.74 Å². The number of methoxy groups -OCH3 is 1. The number of hydrogen-bond donors (Lipinski definition) is 0. The fourth-order valence-electron chi connectivity index (χ4n) is 2.89. The van der Waals surface area contributed by atoms with Gasteiger partial charge in [-0.05, 0) is 54.4 Å². The van der Waals surface area contributed by atoms with E-state index in [4.69, 9.17) is 16.3 Å². The van der Waals surface area contributed by atoms with Crippen molar-refractivity contribution in [3.05, 3.63) is 77.6 Å². The molecule has 0 unspecified atom stereocenters. The molecule has 0 atom stereocenters. The number of ether oxygens (including phenoxy) is 1. The Hall–Kier alpha value is -2.52. The summed E-state index contributed by atoms with van der Waals surface area (Å²) in [7, 11) is 1.68. The molecule has 2 aromatic carbocycles. The maximum Gasteiger partial charge on any atom is 0.129 e. The maximum absolute atomic E-state index is 6.06. The van der Waals surface area contributed by atoms with Crippen LogP contribution in [0.2, 0.25) is 5.15 Å². The highest BCUT2D eigenvalue weighted by Crippen LogP contribution is 2.32. The van der Waals surface area contributed by atoms with Crippen molar-refractivity contribution in [1.82, 2.24) is 4.98 Å². The van der Waals surface area contributed by atoms with Gasteiger partial charge < -0.3 is 9.64 Å². The minimum Gasteiger partial charge on any atom is -0.496 e. The minimum absolute atomic E-state index is 0.476. The molecule has 1 aromatic heterocycles. The molecule has 0 radical (unpaired) electrons. The lowest BCUT2D eigenvalue weighted by Gasteiger charge is -2.24. The monoisotopic (exact) mass is 352 g/mol. The summed E-state index contributed by atoms with van der Waals surface area (Å²) >= 11 is 6.06. The molecule has 4 heteroatoms. The Morgan fingerprint density at radius 2 is 1.84 bits per heavy atom. The average molecular weight is 353 g/mol. The fraction of sp³-hybridized carbons (Fsp3) is 0.190. The molecule has 0 N–H and O–H groups in total. The lowest BCUT2D eigenvalue weighted by atomic mass is 10.0. The number of halogens is 1. The van der Waals surface area contributed by atoms with Crippen LogP contribution in [0.15, 0.2) is 66.9 Å². The van der Waals surface area contributed by atoms with E-state index in [1.165, 1.54) is 11.3 Å². The standard InChI is InChI=1S/C21H21ClN2O/c1-3-24(18-7-5-4-6-8-18)15-16-9-10-20(25-2)19(13-16)17-11-12-23-21(22)14-17/h4-14H,3,15H2,1-2H3. The van der Waals surface area contributed by atoms with Gasteiger partial charge in [-0.2, -0.15) is 0 Å². The Labute approximate surface area is 153 Å². The summed E-state index contributed by atoms with van der Waals surface area (Å²) < 4.78 is 5.53. The highest BCUT2D eigenvalue weighted by Gasteiger charge is 2.11. The molecule has 1 heterocycles. The SMILES string of the molecule is CCN(Cc1ccc(OC)c(-c2ccnc(Cl)c2)c1)c1ccccc1. The number of para-hydroxylation sites is 1. The predicted octanol–water partition coefficient (Wildman–Crippen LogP) is 5.44. The molecule has 25 heavy (non-hydrogen) atoms. The number of hydrogen-bond acceptors (Lipinski definition) is 3. The Kier molecular flexibility index (Phi) is 5.56. The number of rotatable bonds is 6. The first-order valence-corrected chi connectivity index (χ1v) is 8.68. The third kappa shape index (κ3) is 4.12. The van der Waals surface area contributed by atoms with Crippen molar-refractivity contribution in [1.29, 1.82) is 0 Å². The van der Waals surface area contributed by atoms with Gasteiger partial charge in [0, 0.05) is 30.5 Å². The second-order valence-corrected chi connectivity index (χ2v) is 6.14. The molecule has 3 nitrogen and oxygen atoms in total. The van der Waals surface area contributed by atoms with Crippen LogP contribution in [0.25, 0.3) is 11.1 Å². The number of benzene rings is 2. The molecular weight excluding hydrogens is 332 g/mol. The molecule has 0 bridgehead atoms. The van der Waals surface area contributed by atoms with Crippen LogP contribution in [0.1, 0.15) is 12.5 Å². The fourth-order valence-corrected chi connectivity index (χ4v) is 3.07. The molecule has 0 aliphatic rings. The van der Waals surface area contributed by atoms with E-state index in [0.29, 0.717) is 5.15 Å². The molecule has 128 valence electrons. The third-order valence-electron chi connectivity index (χ3n) is 4.18. The van der Waals surface area contributed by atoms with Gasteiger partial charge in [-0.15, -0.1) is 0 Å². The summed E-state index contributed by atoms with van der Waals surface area (Å²) in [5.74, 6) is 0.828. The molecule has 0 amide bonds. The lowest BCUT2D eigenvalue weighted by Crippen LogP contribution is -2.21. The van der Waals surface area contributed by atoms with Gasteiger partial charge in [-0.25, -0.2) is 4.98 Å². The zero-order valence-electron chi connectivity index (χ0n) is 14.4. The largest absolute Gasteiger partial charge is 0.496 e. The molecule has 0 spiro atoms. The van der Waals surface area contributed by atoms with E-state index in [-0.39, 0.29) is 0 Å². The summed E-state index contributed by atoms with van der Waals surface area (Å²) in [6.45, 7) is 3.93. The number of nitrogens with zero attached hydrogens (tertiary/aromatic N) is 2. The van der Waals surface area contributed by atoms with Gasteiger partial charge in [0.05, 0.1) is 7.11 Å². The van der Waals surface area contributed by atoms with Gasteiger partial charge in [0.15, 0.2) is 0 Å². The van der Waals surface area contributed by atoms with E-state index < -0.39 is 0 Å². The van der Waals surface area contributed by atoms with Crippen molar-refractivity contribution >= 4 is 17.3 Å². The van der Waals surface area contributed by atoms with Gasteiger partial charge in [-0.1, -0.05) is 35.9 Å². The van der Waals surface area contributed by atoms with Crippen LogP contribution < -0.4 is 9.64 Å². The van der Waals surface area contributed by atoms with Crippen LogP contribution >= 0.6 is 11.6 Å². The van der Waals surface area contributed by atoms with Gasteiger partial charge >= 0.3 is 0 Å². The van der Waals surface area contributed by atoms with Gasteiger partial charge in [0.25, 0.3) is 0 Å². The predicted molar refractivity (Wildman–Crippen MR) is 104 cm³/mol. The van der Waals surface area contributed by atoms with Crippen LogP contribution in [-0.2, 0) is 6.54 Å². The minimum atomic E-state index is 0.476. The van der Waals surface area contributed by atoms with Crippen LogP contribution in [0, 0.1) is 0 Å². The Balaban J connectivity index is 1.94. The molecule has 0 saturated heterocycles. The van der Waals surface area contributed by atoms with E-state index in [1.54, 1.807) is 13.3 Å². The lowest BCUT2D eigenvalue weighted by molar-refractivity contribution is 0.416. The summed E-state index contributed by atoms with van der Waals surface area (Å²) in [4.78, 5) is 6.40. The molecule has 0 saturated carbocycles. The first-order valence-electron chi connectivity index (χ1n) is 8.30. The highest BCUT2D eigenvalue weighted by atomic mass is 35.5. The third-order valence-corrected chi connectivity index (χ3v) is 4.38. The number of pyridine rings is 1. The van der Waals surface area contributed by atoms with E-state index in [0.717, 1.165) is 30.0 Å². The highest BCUT2D eigenvalue weighted by molar-refractivity contribution is 6.29. The summed E-state index contributed by atoms with van der Waals surface area (Å²) in [6.07, 6.45) is 1.71. The van der Waals surface area contributed by atoms with Gasteiger partial charge in [0.2, 0.25) is 0 Å². The number of anilines is 1. The Bertz CT molecular complexity index is 836.